The number of hydrogen-bond acceptors (Lipinski definition) is 0. The molecule has 0 saturated carbocycles. The summed E-state index contributed by atoms with van der Waals surface area (Å²) in [6, 6.07) is 11.3. The van der Waals surface area contributed by atoms with Gasteiger partial charge in [-0.25, -0.2) is 8.78 Å². The van der Waals surface area contributed by atoms with E-state index in [2.05, 4.69) is 0 Å². The van der Waals surface area contributed by atoms with Gasteiger partial charge in [-0.15, -0.1) is 11.6 Å². The number of fused-ring (bicyclic) bond motifs is 1. The van der Waals surface area contributed by atoms with E-state index in [1.807, 2.05) is 0 Å². The normalized spacial score (nSPS) is 22.1. The molecule has 0 fully saturated rings. The largest absolute Gasteiger partial charge is 0.207 e. The fourth-order valence-corrected chi connectivity index (χ4v) is 3.11. The van der Waals surface area contributed by atoms with E-state index in [-0.39, 0.29) is 22.9 Å². The lowest BCUT2D eigenvalue weighted by atomic mass is 9.79. The van der Waals surface area contributed by atoms with Gasteiger partial charge in [-0.1, -0.05) is 18.2 Å². The second-order valence-corrected chi connectivity index (χ2v) is 5.45. The Morgan fingerprint density at radius 3 is 2.26 bits per heavy atom. The van der Waals surface area contributed by atoms with Crippen LogP contribution in [0.4, 0.5) is 8.78 Å². The Labute approximate surface area is 116 Å². The van der Waals surface area contributed by atoms with Crippen molar-refractivity contribution in [2.45, 2.75) is 24.1 Å². The topological polar surface area (TPSA) is 0 Å². The lowest BCUT2D eigenvalue weighted by molar-refractivity contribution is 0.581. The van der Waals surface area contributed by atoms with Crippen LogP contribution in [0.15, 0.2) is 42.5 Å². The summed E-state index contributed by atoms with van der Waals surface area (Å²) >= 11 is 6.27. The van der Waals surface area contributed by atoms with E-state index < -0.39 is 0 Å². The molecule has 2 aromatic carbocycles. The molecule has 0 radical (unpaired) electrons. The Hall–Kier alpha value is -1.41. The summed E-state index contributed by atoms with van der Waals surface area (Å²) in [6.07, 6.45) is 1.71. The molecule has 0 aliphatic heterocycles. The van der Waals surface area contributed by atoms with Crippen LogP contribution in [0.3, 0.4) is 0 Å². The molecule has 19 heavy (non-hydrogen) atoms. The summed E-state index contributed by atoms with van der Waals surface area (Å²) in [6.45, 7) is 0. The number of halogens is 3. The average Bonchev–Trinajstić information content (AvgIpc) is 2.41. The zero-order chi connectivity index (χ0) is 13.4. The molecule has 0 unspecified atom stereocenters. The zero-order valence-electron chi connectivity index (χ0n) is 10.2. The van der Waals surface area contributed by atoms with Crippen LogP contribution in [-0.2, 0) is 0 Å². The van der Waals surface area contributed by atoms with Crippen molar-refractivity contribution in [1.82, 2.24) is 0 Å². The molecular weight excluding hydrogens is 266 g/mol. The quantitative estimate of drug-likeness (QED) is 0.631. The lowest BCUT2D eigenvalue weighted by Crippen LogP contribution is -2.13. The monoisotopic (exact) mass is 278 g/mol. The molecule has 3 heteroatoms. The predicted molar refractivity (Wildman–Crippen MR) is 72.5 cm³/mol. The molecule has 0 N–H and O–H groups in total. The third-order valence-electron chi connectivity index (χ3n) is 3.74. The fourth-order valence-electron chi connectivity index (χ4n) is 2.80. The van der Waals surface area contributed by atoms with Gasteiger partial charge in [0.15, 0.2) is 0 Å². The van der Waals surface area contributed by atoms with Gasteiger partial charge in [0.05, 0.1) is 5.38 Å². The van der Waals surface area contributed by atoms with Gasteiger partial charge >= 0.3 is 0 Å². The number of benzene rings is 2. The molecule has 2 atom stereocenters. The van der Waals surface area contributed by atoms with Crippen molar-refractivity contribution in [3.8, 4) is 0 Å². The molecule has 1 aliphatic carbocycles. The second kappa shape index (κ2) is 4.93. The first kappa shape index (κ1) is 12.6. The molecule has 0 amide bonds. The van der Waals surface area contributed by atoms with Crippen molar-refractivity contribution < 1.29 is 8.78 Å². The van der Waals surface area contributed by atoms with E-state index in [1.54, 1.807) is 18.2 Å². The van der Waals surface area contributed by atoms with E-state index in [1.165, 1.54) is 24.3 Å². The Kier molecular flexibility index (Phi) is 3.28. The molecule has 3 rings (SSSR count). The van der Waals surface area contributed by atoms with Crippen LogP contribution in [-0.4, -0.2) is 0 Å². The van der Waals surface area contributed by atoms with Gasteiger partial charge in [0.2, 0.25) is 0 Å². The highest BCUT2D eigenvalue weighted by molar-refractivity contribution is 6.21. The third kappa shape index (κ3) is 2.37. The van der Waals surface area contributed by atoms with Gasteiger partial charge < -0.3 is 0 Å². The summed E-state index contributed by atoms with van der Waals surface area (Å²) in [5, 5.41) is -0.137. The van der Waals surface area contributed by atoms with Gasteiger partial charge in [0.25, 0.3) is 0 Å². The summed E-state index contributed by atoms with van der Waals surface area (Å²) < 4.78 is 26.3. The number of rotatable bonds is 1. The molecule has 0 heterocycles. The van der Waals surface area contributed by atoms with Gasteiger partial charge in [-0.2, -0.15) is 0 Å². The van der Waals surface area contributed by atoms with Crippen molar-refractivity contribution in [2.75, 3.05) is 0 Å². The fraction of sp³-hybridized carbons (Fsp3) is 0.250. The Bertz CT molecular complexity index is 592. The molecule has 0 saturated heterocycles. The SMILES string of the molecule is Fc1ccc([C@H]2CC[C@H](Cl)c3cc(F)ccc32)cc1. The maximum atomic E-state index is 13.3. The van der Waals surface area contributed by atoms with Crippen LogP contribution in [0, 0.1) is 11.6 Å². The van der Waals surface area contributed by atoms with Crippen molar-refractivity contribution in [3.63, 3.8) is 0 Å². The summed E-state index contributed by atoms with van der Waals surface area (Å²) in [5.74, 6) is -0.329. The van der Waals surface area contributed by atoms with E-state index in [0.29, 0.717) is 0 Å². The minimum absolute atomic E-state index is 0.137. The van der Waals surface area contributed by atoms with Crippen molar-refractivity contribution in [2.24, 2.45) is 0 Å². The van der Waals surface area contributed by atoms with Crippen molar-refractivity contribution in [1.29, 1.82) is 0 Å². The average molecular weight is 279 g/mol. The van der Waals surface area contributed by atoms with E-state index >= 15 is 0 Å². The Balaban J connectivity index is 2.06. The molecule has 0 spiro atoms. The minimum Gasteiger partial charge on any atom is -0.207 e. The van der Waals surface area contributed by atoms with Crippen LogP contribution in [0.5, 0.6) is 0 Å². The third-order valence-corrected chi connectivity index (χ3v) is 4.20. The number of alkyl halides is 1. The van der Waals surface area contributed by atoms with E-state index in [0.717, 1.165) is 29.5 Å². The maximum Gasteiger partial charge on any atom is 0.123 e. The van der Waals surface area contributed by atoms with Crippen LogP contribution in [0.2, 0.25) is 0 Å². The smallest absolute Gasteiger partial charge is 0.123 e. The predicted octanol–water partition coefficient (Wildman–Crippen LogP) is 5.17. The van der Waals surface area contributed by atoms with Crippen molar-refractivity contribution in [3.05, 3.63) is 70.8 Å². The van der Waals surface area contributed by atoms with Gasteiger partial charge in [-0.05, 0) is 53.8 Å². The second-order valence-electron chi connectivity index (χ2n) is 4.92. The molecule has 1 aliphatic rings. The van der Waals surface area contributed by atoms with E-state index in [4.69, 9.17) is 11.6 Å². The molecular formula is C16H13ClF2. The van der Waals surface area contributed by atoms with Crippen LogP contribution < -0.4 is 0 Å². The highest BCUT2D eigenvalue weighted by Crippen LogP contribution is 2.44. The molecule has 0 aromatic heterocycles. The number of hydrogen-bond donors (Lipinski definition) is 0. The Morgan fingerprint density at radius 2 is 1.53 bits per heavy atom. The first-order valence-corrected chi connectivity index (χ1v) is 6.77. The standard InChI is InChI=1S/C16H13ClF2/c17-16-8-7-13(10-1-3-11(18)4-2-10)14-6-5-12(19)9-15(14)16/h1-6,9,13,16H,7-8H2/t13-,16+/m1/s1. The lowest BCUT2D eigenvalue weighted by Gasteiger charge is -2.29. The van der Waals surface area contributed by atoms with Crippen LogP contribution in [0.25, 0.3) is 0 Å². The summed E-state index contributed by atoms with van der Waals surface area (Å²) in [5.41, 5.74) is 2.97. The summed E-state index contributed by atoms with van der Waals surface area (Å²) in [7, 11) is 0. The van der Waals surface area contributed by atoms with Crippen LogP contribution >= 0.6 is 11.6 Å². The first-order chi connectivity index (χ1) is 9.15. The maximum absolute atomic E-state index is 13.3. The highest BCUT2D eigenvalue weighted by atomic mass is 35.5. The highest BCUT2D eigenvalue weighted by Gasteiger charge is 2.27. The summed E-state index contributed by atoms with van der Waals surface area (Å²) in [4.78, 5) is 0. The minimum atomic E-state index is -0.260. The molecule has 0 nitrogen and oxygen atoms in total. The van der Waals surface area contributed by atoms with Gasteiger partial charge in [-0.3, -0.25) is 0 Å². The van der Waals surface area contributed by atoms with E-state index in [9.17, 15) is 8.78 Å². The molecule has 2 aromatic rings. The Morgan fingerprint density at radius 1 is 0.842 bits per heavy atom. The van der Waals surface area contributed by atoms with Gasteiger partial charge in [0.1, 0.15) is 11.6 Å². The molecule has 98 valence electrons. The van der Waals surface area contributed by atoms with Crippen LogP contribution in [0.1, 0.15) is 40.8 Å². The first-order valence-electron chi connectivity index (χ1n) is 6.34. The zero-order valence-corrected chi connectivity index (χ0v) is 11.0. The van der Waals surface area contributed by atoms with Crippen molar-refractivity contribution >= 4 is 11.6 Å². The molecule has 0 bridgehead atoms. The van der Waals surface area contributed by atoms with Gasteiger partial charge in [0, 0.05) is 5.92 Å².